The predicted molar refractivity (Wildman–Crippen MR) is 84.0 cm³/mol. The van der Waals surface area contributed by atoms with Crippen LogP contribution in [0.4, 0.5) is 5.13 Å². The predicted octanol–water partition coefficient (Wildman–Crippen LogP) is 2.40. The summed E-state index contributed by atoms with van der Waals surface area (Å²) in [5.74, 6) is 0.530. The molecule has 1 amide bonds. The van der Waals surface area contributed by atoms with Gasteiger partial charge in [-0.15, -0.1) is 11.3 Å². The number of thiazole rings is 1. The third-order valence-electron chi connectivity index (χ3n) is 3.00. The fourth-order valence-electron chi connectivity index (χ4n) is 1.73. The second-order valence-electron chi connectivity index (χ2n) is 4.48. The van der Waals surface area contributed by atoms with Crippen LogP contribution in [0.3, 0.4) is 0 Å². The lowest BCUT2D eigenvalue weighted by Crippen LogP contribution is -2.31. The van der Waals surface area contributed by atoms with E-state index in [0.717, 1.165) is 0 Å². The number of aromatic nitrogens is 1. The van der Waals surface area contributed by atoms with Gasteiger partial charge >= 0.3 is 0 Å². The van der Waals surface area contributed by atoms with Crippen LogP contribution in [0.25, 0.3) is 0 Å². The zero-order valence-electron chi connectivity index (χ0n) is 12.5. The highest BCUT2D eigenvalue weighted by Gasteiger charge is 2.15. The molecule has 1 heterocycles. The van der Waals surface area contributed by atoms with Gasteiger partial charge in [0.25, 0.3) is 5.91 Å². The molecule has 2 rings (SSSR count). The van der Waals surface area contributed by atoms with E-state index >= 15 is 0 Å². The van der Waals surface area contributed by atoms with Gasteiger partial charge in [-0.05, 0) is 25.1 Å². The second kappa shape index (κ2) is 7.04. The Hall–Kier alpha value is -2.41. The quantitative estimate of drug-likeness (QED) is 0.765. The van der Waals surface area contributed by atoms with Crippen molar-refractivity contribution in [3.63, 3.8) is 0 Å². The Morgan fingerprint density at radius 2 is 2.09 bits per heavy atom. The number of hydrogen-bond donors (Lipinski definition) is 0. The molecular formula is C15H16N2O4S. The van der Waals surface area contributed by atoms with Crippen molar-refractivity contribution >= 4 is 28.2 Å². The molecule has 1 aromatic heterocycles. The van der Waals surface area contributed by atoms with Crippen molar-refractivity contribution in [3.8, 4) is 11.5 Å². The number of anilines is 1. The lowest BCUT2D eigenvalue weighted by Gasteiger charge is -2.15. The van der Waals surface area contributed by atoms with Crippen molar-refractivity contribution < 1.29 is 19.1 Å². The highest BCUT2D eigenvalue weighted by Crippen LogP contribution is 2.28. The van der Waals surface area contributed by atoms with E-state index in [9.17, 15) is 9.59 Å². The van der Waals surface area contributed by atoms with E-state index in [0.29, 0.717) is 22.2 Å². The first kappa shape index (κ1) is 16.0. The molecule has 0 atom stereocenters. The molecular weight excluding hydrogens is 304 g/mol. The molecule has 0 saturated carbocycles. The third-order valence-corrected chi connectivity index (χ3v) is 3.85. The number of methoxy groups -OCH3 is 1. The van der Waals surface area contributed by atoms with Crippen molar-refractivity contribution in [3.05, 3.63) is 35.3 Å². The Balaban J connectivity index is 2.05. The van der Waals surface area contributed by atoms with Crippen LogP contribution in [0, 0.1) is 0 Å². The first-order valence-corrected chi connectivity index (χ1v) is 7.38. The Labute approximate surface area is 132 Å². The fourth-order valence-corrected chi connectivity index (χ4v) is 2.36. The smallest absolute Gasteiger partial charge is 0.266 e. The molecule has 0 saturated heterocycles. The van der Waals surface area contributed by atoms with Crippen LogP contribution in [-0.2, 0) is 4.79 Å². The lowest BCUT2D eigenvalue weighted by molar-refractivity contribution is -0.120. The summed E-state index contributed by atoms with van der Waals surface area (Å²) < 4.78 is 10.7. The normalized spacial score (nSPS) is 10.1. The number of carbonyl (C=O) groups excluding carboxylic acids is 2. The van der Waals surface area contributed by atoms with E-state index in [2.05, 4.69) is 4.98 Å². The van der Waals surface area contributed by atoms with Gasteiger partial charge in [-0.3, -0.25) is 14.5 Å². The molecule has 0 aliphatic carbocycles. The van der Waals surface area contributed by atoms with Gasteiger partial charge in [0.2, 0.25) is 0 Å². The van der Waals surface area contributed by atoms with E-state index in [4.69, 9.17) is 9.47 Å². The number of benzene rings is 1. The van der Waals surface area contributed by atoms with Gasteiger partial charge in [-0.1, -0.05) is 0 Å². The largest absolute Gasteiger partial charge is 0.493 e. The highest BCUT2D eigenvalue weighted by atomic mass is 32.1. The highest BCUT2D eigenvalue weighted by molar-refractivity contribution is 7.13. The second-order valence-corrected chi connectivity index (χ2v) is 5.35. The molecule has 116 valence electrons. The van der Waals surface area contributed by atoms with Crippen LogP contribution in [0.15, 0.2) is 29.8 Å². The summed E-state index contributed by atoms with van der Waals surface area (Å²) >= 11 is 1.37. The van der Waals surface area contributed by atoms with Crippen molar-refractivity contribution in [2.45, 2.75) is 6.92 Å². The third kappa shape index (κ3) is 3.62. The Morgan fingerprint density at radius 3 is 2.68 bits per heavy atom. The minimum atomic E-state index is -0.229. The maximum Gasteiger partial charge on any atom is 0.266 e. The molecule has 7 heteroatoms. The van der Waals surface area contributed by atoms with Crippen LogP contribution >= 0.6 is 11.3 Å². The Bertz CT molecular complexity index is 670. The standard InChI is InChI=1S/C15H16N2O4S/c1-10(18)11-4-5-12(13(8-11)20-3)21-9-14(19)17(2)15-16-6-7-22-15/h4-8H,9H2,1-3H3. The van der Waals surface area contributed by atoms with Crippen LogP contribution in [0.5, 0.6) is 11.5 Å². The van der Waals surface area contributed by atoms with Crippen LogP contribution < -0.4 is 14.4 Å². The van der Waals surface area contributed by atoms with Gasteiger partial charge in [-0.2, -0.15) is 0 Å². The van der Waals surface area contributed by atoms with E-state index in [-0.39, 0.29) is 18.3 Å². The topological polar surface area (TPSA) is 68.7 Å². The first-order valence-electron chi connectivity index (χ1n) is 6.50. The molecule has 0 N–H and O–H groups in total. The number of rotatable bonds is 6. The van der Waals surface area contributed by atoms with Gasteiger partial charge in [-0.25, -0.2) is 4.98 Å². The molecule has 22 heavy (non-hydrogen) atoms. The number of carbonyl (C=O) groups is 2. The van der Waals surface area contributed by atoms with E-state index in [1.807, 2.05) is 0 Å². The number of ether oxygens (including phenoxy) is 2. The summed E-state index contributed by atoms with van der Waals surface area (Å²) in [6.07, 6.45) is 1.63. The fraction of sp³-hybridized carbons (Fsp3) is 0.267. The molecule has 0 bridgehead atoms. The maximum absolute atomic E-state index is 12.1. The summed E-state index contributed by atoms with van der Waals surface area (Å²) in [4.78, 5) is 28.9. The van der Waals surface area contributed by atoms with Gasteiger partial charge < -0.3 is 9.47 Å². The minimum absolute atomic E-state index is 0.0653. The maximum atomic E-state index is 12.1. The number of likely N-dealkylation sites (N-methyl/N-ethyl adjacent to an activating group) is 1. The average Bonchev–Trinajstić information content (AvgIpc) is 3.05. The molecule has 0 radical (unpaired) electrons. The summed E-state index contributed by atoms with van der Waals surface area (Å²) in [5, 5.41) is 2.40. The van der Waals surface area contributed by atoms with Crippen molar-refractivity contribution in [1.29, 1.82) is 0 Å². The molecule has 0 aliphatic heterocycles. The van der Waals surface area contributed by atoms with Gasteiger partial charge in [0.15, 0.2) is 29.0 Å². The number of amides is 1. The van der Waals surface area contributed by atoms with Gasteiger partial charge in [0.05, 0.1) is 7.11 Å². The van der Waals surface area contributed by atoms with Crippen LogP contribution in [0.2, 0.25) is 0 Å². The summed E-state index contributed by atoms with van der Waals surface area (Å²) in [7, 11) is 3.12. The van der Waals surface area contributed by atoms with Crippen molar-refractivity contribution in [2.75, 3.05) is 25.7 Å². The summed E-state index contributed by atoms with van der Waals surface area (Å²) in [6, 6.07) is 4.84. The number of ketones is 1. The molecule has 6 nitrogen and oxygen atoms in total. The van der Waals surface area contributed by atoms with Crippen molar-refractivity contribution in [1.82, 2.24) is 4.98 Å². The van der Waals surface area contributed by atoms with Crippen molar-refractivity contribution in [2.24, 2.45) is 0 Å². The minimum Gasteiger partial charge on any atom is -0.493 e. The van der Waals surface area contributed by atoms with E-state index in [1.54, 1.807) is 36.8 Å². The molecule has 0 fully saturated rings. The SMILES string of the molecule is COc1cc(C(C)=O)ccc1OCC(=O)N(C)c1nccs1. The average molecular weight is 320 g/mol. The molecule has 0 unspecified atom stereocenters. The van der Waals surface area contributed by atoms with Gasteiger partial charge in [0, 0.05) is 24.2 Å². The van der Waals surface area contributed by atoms with Gasteiger partial charge in [0.1, 0.15) is 0 Å². The zero-order valence-corrected chi connectivity index (χ0v) is 13.3. The first-order chi connectivity index (χ1) is 10.5. The van der Waals surface area contributed by atoms with E-state index < -0.39 is 0 Å². The monoisotopic (exact) mass is 320 g/mol. The molecule has 0 aliphatic rings. The number of hydrogen-bond acceptors (Lipinski definition) is 6. The summed E-state index contributed by atoms with van der Waals surface area (Å²) in [6.45, 7) is 1.33. The number of nitrogens with zero attached hydrogens (tertiary/aromatic N) is 2. The van der Waals surface area contributed by atoms with Crippen LogP contribution in [-0.4, -0.2) is 37.4 Å². The molecule has 1 aromatic carbocycles. The lowest BCUT2D eigenvalue weighted by atomic mass is 10.1. The molecule has 0 spiro atoms. The molecule has 2 aromatic rings. The zero-order chi connectivity index (χ0) is 16.1. The van der Waals surface area contributed by atoms with E-state index in [1.165, 1.54) is 30.3 Å². The number of Topliss-reactive ketones (excluding diaryl/α,β-unsaturated/α-hetero) is 1. The van der Waals surface area contributed by atoms with Crippen LogP contribution in [0.1, 0.15) is 17.3 Å². The Kier molecular flexibility index (Phi) is 5.11. The summed E-state index contributed by atoms with van der Waals surface area (Å²) in [5.41, 5.74) is 0.524. The Morgan fingerprint density at radius 1 is 1.32 bits per heavy atom.